The molecule has 0 spiro atoms. The molecule has 108 valence electrons. The van der Waals surface area contributed by atoms with Crippen LogP contribution in [0.25, 0.3) is 6.08 Å². The fourth-order valence-electron chi connectivity index (χ4n) is 1.90. The second-order valence-corrected chi connectivity index (χ2v) is 6.58. The zero-order valence-electron chi connectivity index (χ0n) is 13.4. The smallest absolute Gasteiger partial charge is 0.0647 e. The number of nitrogens with one attached hydrogen (secondary N) is 1. The van der Waals surface area contributed by atoms with E-state index in [4.69, 9.17) is 0 Å². The largest absolute Gasteiger partial charge is 0.352 e. The first-order chi connectivity index (χ1) is 9.25. The predicted octanol–water partition coefficient (Wildman–Crippen LogP) is 5.36. The molecule has 2 heteroatoms. The molecule has 1 aromatic rings. The number of hydrogen-bond acceptors (Lipinski definition) is 2. The molecule has 0 amide bonds. The molecule has 0 saturated carbocycles. The summed E-state index contributed by atoms with van der Waals surface area (Å²) in [5.74, 6) is 0.384. The first-order valence-electron chi connectivity index (χ1n) is 7.05. The van der Waals surface area contributed by atoms with Crippen molar-refractivity contribution in [3.63, 3.8) is 0 Å². The molecule has 0 aliphatic heterocycles. The van der Waals surface area contributed by atoms with Crippen LogP contribution in [0.3, 0.4) is 0 Å². The summed E-state index contributed by atoms with van der Waals surface area (Å²) in [7, 11) is 0. The average molecular weight is 270 g/mol. The summed E-state index contributed by atoms with van der Waals surface area (Å²) in [6.45, 7) is 18.5. The van der Waals surface area contributed by atoms with Gasteiger partial charge in [0.25, 0.3) is 0 Å². The van der Waals surface area contributed by atoms with Crippen LogP contribution in [-0.2, 0) is 0 Å². The Morgan fingerprint density at radius 2 is 2.05 bits per heavy atom. The number of allylic oxidation sites excluding steroid dienone is 1. The molecule has 1 aromatic heterocycles. The molecule has 0 fully saturated rings. The van der Waals surface area contributed by atoms with E-state index in [1.807, 2.05) is 6.07 Å². The third kappa shape index (κ3) is 5.07. The fraction of sp³-hybridized carbons (Fsp3) is 0.444. The van der Waals surface area contributed by atoms with Gasteiger partial charge >= 0.3 is 0 Å². The van der Waals surface area contributed by atoms with Gasteiger partial charge in [-0.15, -0.1) is 5.73 Å². The van der Waals surface area contributed by atoms with Gasteiger partial charge < -0.3 is 5.32 Å². The van der Waals surface area contributed by atoms with E-state index >= 15 is 0 Å². The summed E-state index contributed by atoms with van der Waals surface area (Å²) >= 11 is 0. The maximum absolute atomic E-state index is 4.56. The van der Waals surface area contributed by atoms with E-state index in [9.17, 15) is 0 Å². The van der Waals surface area contributed by atoms with Crippen LogP contribution in [0.5, 0.6) is 0 Å². The van der Waals surface area contributed by atoms with E-state index < -0.39 is 0 Å². The van der Waals surface area contributed by atoms with Gasteiger partial charge in [-0.2, -0.15) is 0 Å². The van der Waals surface area contributed by atoms with Crippen LogP contribution < -0.4 is 5.32 Å². The predicted molar refractivity (Wildman–Crippen MR) is 88.8 cm³/mol. The molecule has 2 nitrogen and oxygen atoms in total. The van der Waals surface area contributed by atoms with Gasteiger partial charge in [0.15, 0.2) is 0 Å². The van der Waals surface area contributed by atoms with Gasteiger partial charge in [-0.3, -0.25) is 4.98 Å². The zero-order valence-corrected chi connectivity index (χ0v) is 13.4. The van der Waals surface area contributed by atoms with E-state index in [-0.39, 0.29) is 5.41 Å². The summed E-state index contributed by atoms with van der Waals surface area (Å²) in [6.07, 6.45) is 2.68. The minimum atomic E-state index is 0.197. The normalized spacial score (nSPS) is 11.1. The van der Waals surface area contributed by atoms with Crippen LogP contribution in [0.1, 0.15) is 58.3 Å². The van der Waals surface area contributed by atoms with Crippen molar-refractivity contribution in [3.05, 3.63) is 48.1 Å². The fourth-order valence-corrected chi connectivity index (χ4v) is 1.90. The molecule has 0 atom stereocenters. The van der Waals surface area contributed by atoms with Gasteiger partial charge in [-0.25, -0.2) is 0 Å². The van der Waals surface area contributed by atoms with Gasteiger partial charge in [-0.05, 0) is 36.0 Å². The van der Waals surface area contributed by atoms with Crippen LogP contribution in [0.2, 0.25) is 0 Å². The Morgan fingerprint density at radius 3 is 2.50 bits per heavy atom. The Labute approximate surface area is 123 Å². The maximum Gasteiger partial charge on any atom is 0.0647 e. The van der Waals surface area contributed by atoms with E-state index in [1.165, 1.54) is 0 Å². The zero-order chi connectivity index (χ0) is 15.3. The third-order valence-electron chi connectivity index (χ3n) is 2.88. The molecule has 0 radical (unpaired) electrons. The molecule has 1 heterocycles. The Kier molecular flexibility index (Phi) is 5.35. The van der Waals surface area contributed by atoms with Crippen molar-refractivity contribution in [3.8, 4) is 0 Å². The average Bonchev–Trinajstić information content (AvgIpc) is 2.35. The lowest BCUT2D eigenvalue weighted by atomic mass is 9.90. The number of aromatic nitrogens is 1. The highest BCUT2D eigenvalue weighted by Gasteiger charge is 2.14. The molecule has 0 aliphatic rings. The molecular weight excluding hydrogens is 244 g/mol. The van der Waals surface area contributed by atoms with E-state index in [0.29, 0.717) is 5.92 Å². The highest BCUT2D eigenvalue weighted by Crippen LogP contribution is 2.26. The quantitative estimate of drug-likeness (QED) is 0.728. The Balaban J connectivity index is 3.04. The number of anilines is 1. The number of nitrogens with zero attached hydrogens (tertiary/aromatic N) is 1. The van der Waals surface area contributed by atoms with Crippen molar-refractivity contribution >= 4 is 11.8 Å². The Morgan fingerprint density at radius 1 is 1.40 bits per heavy atom. The summed E-state index contributed by atoms with van der Waals surface area (Å²) in [5.41, 5.74) is 7.18. The topological polar surface area (TPSA) is 24.9 Å². The molecule has 1 N–H and O–H groups in total. The Hall–Kier alpha value is -1.79. The molecule has 0 aromatic carbocycles. The van der Waals surface area contributed by atoms with Crippen molar-refractivity contribution in [2.75, 3.05) is 5.32 Å². The summed E-state index contributed by atoms with van der Waals surface area (Å²) in [5, 5.41) is 3.41. The maximum atomic E-state index is 4.56. The first kappa shape index (κ1) is 16.3. The van der Waals surface area contributed by atoms with Crippen molar-refractivity contribution in [2.45, 2.75) is 47.0 Å². The third-order valence-corrected chi connectivity index (χ3v) is 2.88. The van der Waals surface area contributed by atoms with Gasteiger partial charge in [0.1, 0.15) is 0 Å². The number of pyridine rings is 1. The molecule has 20 heavy (non-hydrogen) atoms. The van der Waals surface area contributed by atoms with Crippen LogP contribution in [-0.4, -0.2) is 4.98 Å². The van der Waals surface area contributed by atoms with Crippen LogP contribution in [0, 0.1) is 5.41 Å². The molecular formula is C18H26N2. The van der Waals surface area contributed by atoms with E-state index in [0.717, 1.165) is 29.2 Å². The van der Waals surface area contributed by atoms with Crippen molar-refractivity contribution < 1.29 is 0 Å². The number of hydrogen-bond donors (Lipinski definition) is 1. The lowest BCUT2D eigenvalue weighted by molar-refractivity contribution is 0.411. The minimum absolute atomic E-state index is 0.197. The second kappa shape index (κ2) is 6.58. The first-order valence-corrected chi connectivity index (χ1v) is 7.05. The van der Waals surface area contributed by atoms with E-state index in [2.05, 4.69) is 69.9 Å². The Bertz CT molecular complexity index is 527. The highest BCUT2D eigenvalue weighted by molar-refractivity contribution is 5.56. The SMILES string of the molecule is C=C=C(CC(C)(C)C)Nc1cc(C=C)nc(C(C)C)c1. The molecule has 0 unspecified atom stereocenters. The van der Waals surface area contributed by atoms with Gasteiger partial charge in [0, 0.05) is 11.4 Å². The van der Waals surface area contributed by atoms with Crippen molar-refractivity contribution in [1.29, 1.82) is 0 Å². The highest BCUT2D eigenvalue weighted by atomic mass is 14.9. The lowest BCUT2D eigenvalue weighted by Crippen LogP contribution is -2.11. The number of rotatable bonds is 5. The monoisotopic (exact) mass is 270 g/mol. The molecule has 1 rings (SSSR count). The van der Waals surface area contributed by atoms with Crippen LogP contribution in [0.4, 0.5) is 5.69 Å². The summed E-state index contributed by atoms with van der Waals surface area (Å²) in [4.78, 5) is 4.56. The van der Waals surface area contributed by atoms with Gasteiger partial charge in [0.2, 0.25) is 0 Å². The van der Waals surface area contributed by atoms with Crippen LogP contribution in [0.15, 0.2) is 36.7 Å². The lowest BCUT2D eigenvalue weighted by Gasteiger charge is -2.20. The van der Waals surface area contributed by atoms with Gasteiger partial charge in [-0.1, -0.05) is 47.8 Å². The van der Waals surface area contributed by atoms with Crippen molar-refractivity contribution in [2.24, 2.45) is 5.41 Å². The minimum Gasteiger partial charge on any atom is -0.352 e. The second-order valence-electron chi connectivity index (χ2n) is 6.58. The summed E-state index contributed by atoms with van der Waals surface area (Å²) in [6, 6.07) is 4.08. The summed E-state index contributed by atoms with van der Waals surface area (Å²) < 4.78 is 0. The van der Waals surface area contributed by atoms with E-state index in [1.54, 1.807) is 6.08 Å². The standard InChI is InChI=1S/C18H26N2/c1-8-14-10-16(11-17(20-14)13(3)4)19-15(9-2)12-18(5,6)7/h8,10-11,13H,1-2,12H2,3-7H3,(H,19,20). The van der Waals surface area contributed by atoms with Crippen molar-refractivity contribution in [1.82, 2.24) is 4.98 Å². The molecule has 0 bridgehead atoms. The van der Waals surface area contributed by atoms with Gasteiger partial charge in [0.05, 0.1) is 11.4 Å². The van der Waals surface area contributed by atoms with Crippen LogP contribution >= 0.6 is 0 Å². The molecule has 0 saturated heterocycles. The molecule has 0 aliphatic carbocycles.